The third-order valence-electron chi connectivity index (χ3n) is 2.99. The van der Waals surface area contributed by atoms with Crippen molar-refractivity contribution in [3.63, 3.8) is 0 Å². The van der Waals surface area contributed by atoms with Gasteiger partial charge in [0.05, 0.1) is 25.7 Å². The van der Waals surface area contributed by atoms with E-state index in [-0.39, 0.29) is 12.2 Å². The zero-order valence-corrected chi connectivity index (χ0v) is 11.5. The van der Waals surface area contributed by atoms with Crippen LogP contribution in [0.4, 0.5) is 0 Å². The van der Waals surface area contributed by atoms with Crippen LogP contribution in [0.25, 0.3) is 0 Å². The zero-order valence-electron chi connectivity index (χ0n) is 11.5. The number of carbonyl (C=O) groups is 2. The highest BCUT2D eigenvalue weighted by Crippen LogP contribution is 2.32. The number of aliphatic carboxylic acids is 1. The third-order valence-corrected chi connectivity index (χ3v) is 2.99. The molecule has 0 saturated carbocycles. The number of hydrogen-bond donors (Lipinski definition) is 1. The molecule has 19 heavy (non-hydrogen) atoms. The number of ketones is 1. The Hall–Kier alpha value is -2.04. The van der Waals surface area contributed by atoms with E-state index in [1.54, 1.807) is 19.1 Å². The molecule has 0 spiro atoms. The van der Waals surface area contributed by atoms with Crippen LogP contribution in [0, 0.1) is 12.8 Å². The highest BCUT2D eigenvalue weighted by atomic mass is 16.5. The maximum atomic E-state index is 12.1. The van der Waals surface area contributed by atoms with Crippen LogP contribution in [0.2, 0.25) is 0 Å². The Kier molecular flexibility index (Phi) is 4.92. The number of carboxylic acid groups (broad SMARTS) is 1. The summed E-state index contributed by atoms with van der Waals surface area (Å²) in [6.45, 7) is 3.29. The monoisotopic (exact) mass is 266 g/mol. The fourth-order valence-electron chi connectivity index (χ4n) is 1.85. The molecular formula is C14H18O5. The molecule has 5 nitrogen and oxygen atoms in total. The van der Waals surface area contributed by atoms with E-state index in [2.05, 4.69) is 0 Å². The molecule has 1 atom stereocenters. The van der Waals surface area contributed by atoms with E-state index in [4.69, 9.17) is 14.6 Å². The molecule has 1 unspecified atom stereocenters. The molecule has 0 aromatic heterocycles. The van der Waals surface area contributed by atoms with Crippen molar-refractivity contribution in [2.45, 2.75) is 20.3 Å². The lowest BCUT2D eigenvalue weighted by Gasteiger charge is -2.14. The number of hydrogen-bond acceptors (Lipinski definition) is 4. The van der Waals surface area contributed by atoms with Crippen molar-refractivity contribution in [3.8, 4) is 11.5 Å². The third kappa shape index (κ3) is 3.24. The molecule has 104 valence electrons. The second-order valence-corrected chi connectivity index (χ2v) is 4.34. The van der Waals surface area contributed by atoms with E-state index >= 15 is 0 Å². The van der Waals surface area contributed by atoms with Gasteiger partial charge in [-0.15, -0.1) is 0 Å². The van der Waals surface area contributed by atoms with Gasteiger partial charge < -0.3 is 14.6 Å². The van der Waals surface area contributed by atoms with Crippen LogP contribution in [-0.2, 0) is 4.79 Å². The molecule has 1 aromatic rings. The number of Topliss-reactive ketones (excluding diaryl/α,β-unsaturated/α-hetero) is 1. The number of ether oxygens (including phenoxy) is 2. The van der Waals surface area contributed by atoms with E-state index in [1.165, 1.54) is 21.1 Å². The van der Waals surface area contributed by atoms with E-state index < -0.39 is 11.9 Å². The zero-order chi connectivity index (χ0) is 14.6. The Bertz CT molecular complexity index is 493. The van der Waals surface area contributed by atoms with Gasteiger partial charge >= 0.3 is 5.97 Å². The van der Waals surface area contributed by atoms with Crippen LogP contribution in [0.3, 0.4) is 0 Å². The number of benzene rings is 1. The topological polar surface area (TPSA) is 72.8 Å². The van der Waals surface area contributed by atoms with Crippen LogP contribution < -0.4 is 9.47 Å². The maximum Gasteiger partial charge on any atom is 0.306 e. The standard InChI is InChI=1S/C14H18O5/c1-8(14(16)17)7-11(15)10-5-6-12(18-3)9(2)13(10)19-4/h5-6,8H,7H2,1-4H3,(H,16,17). The molecule has 0 aliphatic heterocycles. The number of rotatable bonds is 6. The molecule has 0 radical (unpaired) electrons. The smallest absolute Gasteiger partial charge is 0.306 e. The molecule has 1 N–H and O–H groups in total. The van der Waals surface area contributed by atoms with Gasteiger partial charge in [-0.2, -0.15) is 0 Å². The fourth-order valence-corrected chi connectivity index (χ4v) is 1.85. The first-order chi connectivity index (χ1) is 8.92. The first-order valence-electron chi connectivity index (χ1n) is 5.90. The Morgan fingerprint density at radius 3 is 2.37 bits per heavy atom. The lowest BCUT2D eigenvalue weighted by atomic mass is 9.97. The van der Waals surface area contributed by atoms with Crippen LogP contribution in [-0.4, -0.2) is 31.1 Å². The molecule has 1 rings (SSSR count). The normalized spacial score (nSPS) is 11.8. The summed E-state index contributed by atoms with van der Waals surface area (Å²) < 4.78 is 10.4. The summed E-state index contributed by atoms with van der Waals surface area (Å²) in [4.78, 5) is 22.9. The van der Waals surface area contributed by atoms with Crippen molar-refractivity contribution in [2.24, 2.45) is 5.92 Å². The molecule has 5 heteroatoms. The Labute approximate surface area is 112 Å². The van der Waals surface area contributed by atoms with E-state index in [9.17, 15) is 9.59 Å². The largest absolute Gasteiger partial charge is 0.496 e. The van der Waals surface area contributed by atoms with Crippen molar-refractivity contribution >= 4 is 11.8 Å². The summed E-state index contributed by atoms with van der Waals surface area (Å²) in [6, 6.07) is 3.28. The predicted octanol–water partition coefficient (Wildman–Crippen LogP) is 2.31. The molecule has 1 aromatic carbocycles. The van der Waals surface area contributed by atoms with E-state index in [0.29, 0.717) is 17.1 Å². The number of carboxylic acids is 1. The van der Waals surface area contributed by atoms with Gasteiger partial charge in [0.25, 0.3) is 0 Å². The van der Waals surface area contributed by atoms with Gasteiger partial charge in [0.15, 0.2) is 5.78 Å². The van der Waals surface area contributed by atoms with Crippen LogP contribution in [0.1, 0.15) is 29.3 Å². The summed E-state index contributed by atoms with van der Waals surface area (Å²) in [5.74, 6) is -0.906. The van der Waals surface area contributed by atoms with Gasteiger partial charge in [-0.05, 0) is 19.1 Å². The first-order valence-corrected chi connectivity index (χ1v) is 5.90. The first kappa shape index (κ1) is 15.0. The van der Waals surface area contributed by atoms with Crippen LogP contribution >= 0.6 is 0 Å². The molecule has 0 fully saturated rings. The van der Waals surface area contributed by atoms with Crippen molar-refractivity contribution in [1.29, 1.82) is 0 Å². The second-order valence-electron chi connectivity index (χ2n) is 4.34. The number of methoxy groups -OCH3 is 2. The highest BCUT2D eigenvalue weighted by molar-refractivity contribution is 6.00. The minimum atomic E-state index is -0.988. The Morgan fingerprint density at radius 1 is 1.26 bits per heavy atom. The van der Waals surface area contributed by atoms with Gasteiger partial charge in [0.1, 0.15) is 11.5 Å². The van der Waals surface area contributed by atoms with Gasteiger partial charge in [0, 0.05) is 12.0 Å². The summed E-state index contributed by atoms with van der Waals surface area (Å²) in [5.41, 5.74) is 1.10. The summed E-state index contributed by atoms with van der Waals surface area (Å²) in [7, 11) is 3.01. The van der Waals surface area contributed by atoms with Gasteiger partial charge in [-0.3, -0.25) is 9.59 Å². The summed E-state index contributed by atoms with van der Waals surface area (Å²) in [6.07, 6.45) is -0.0581. The lowest BCUT2D eigenvalue weighted by molar-refractivity contribution is -0.141. The van der Waals surface area contributed by atoms with Crippen LogP contribution in [0.5, 0.6) is 11.5 Å². The van der Waals surface area contributed by atoms with Crippen LogP contribution in [0.15, 0.2) is 12.1 Å². The van der Waals surface area contributed by atoms with E-state index in [0.717, 1.165) is 5.56 Å². The van der Waals surface area contributed by atoms with Gasteiger partial charge in [0.2, 0.25) is 0 Å². The highest BCUT2D eigenvalue weighted by Gasteiger charge is 2.21. The Morgan fingerprint density at radius 2 is 1.89 bits per heavy atom. The predicted molar refractivity (Wildman–Crippen MR) is 70.0 cm³/mol. The molecule has 0 bridgehead atoms. The minimum Gasteiger partial charge on any atom is -0.496 e. The maximum absolute atomic E-state index is 12.1. The average Bonchev–Trinajstić information content (AvgIpc) is 2.37. The molecule has 0 amide bonds. The molecule has 0 aliphatic carbocycles. The second kappa shape index (κ2) is 6.22. The van der Waals surface area contributed by atoms with E-state index in [1.807, 2.05) is 0 Å². The van der Waals surface area contributed by atoms with Gasteiger partial charge in [-0.25, -0.2) is 0 Å². The fraction of sp³-hybridized carbons (Fsp3) is 0.429. The lowest BCUT2D eigenvalue weighted by Crippen LogP contribution is -2.15. The molecular weight excluding hydrogens is 248 g/mol. The number of carbonyl (C=O) groups excluding carboxylic acids is 1. The van der Waals surface area contributed by atoms with Crippen molar-refractivity contribution < 1.29 is 24.2 Å². The summed E-state index contributed by atoms with van der Waals surface area (Å²) in [5, 5.41) is 8.84. The summed E-state index contributed by atoms with van der Waals surface area (Å²) >= 11 is 0. The Balaban J connectivity index is 3.10. The molecule has 0 aliphatic rings. The van der Waals surface area contributed by atoms with Crippen molar-refractivity contribution in [3.05, 3.63) is 23.3 Å². The van der Waals surface area contributed by atoms with Gasteiger partial charge in [-0.1, -0.05) is 6.92 Å². The van der Waals surface area contributed by atoms with Crippen molar-refractivity contribution in [1.82, 2.24) is 0 Å². The SMILES string of the molecule is COc1ccc(C(=O)CC(C)C(=O)O)c(OC)c1C. The molecule has 0 saturated heterocycles. The average molecular weight is 266 g/mol. The molecule has 0 heterocycles. The van der Waals surface area contributed by atoms with Crippen molar-refractivity contribution in [2.75, 3.05) is 14.2 Å². The quantitative estimate of drug-likeness (QED) is 0.800. The minimum absolute atomic E-state index is 0.0581.